The molecule has 0 bridgehead atoms. The smallest absolute Gasteiger partial charge is 0.157 e. The van der Waals surface area contributed by atoms with Crippen molar-refractivity contribution in [2.24, 2.45) is 0 Å². The average molecular weight is 198 g/mol. The van der Waals surface area contributed by atoms with E-state index in [2.05, 4.69) is 0 Å². The van der Waals surface area contributed by atoms with E-state index < -0.39 is 6.10 Å². The minimum absolute atomic E-state index is 0.155. The summed E-state index contributed by atoms with van der Waals surface area (Å²) < 4.78 is 5.23. The highest BCUT2D eigenvalue weighted by Gasteiger charge is 2.11. The van der Waals surface area contributed by atoms with Crippen LogP contribution in [0.3, 0.4) is 0 Å². The summed E-state index contributed by atoms with van der Waals surface area (Å²) in [5.74, 6) is -0.386. The molecule has 4 heteroatoms. The van der Waals surface area contributed by atoms with Crippen LogP contribution < -0.4 is 0 Å². The summed E-state index contributed by atoms with van der Waals surface area (Å²) in [6, 6.07) is 4.35. The molecule has 0 amide bonds. The quantitative estimate of drug-likeness (QED) is 0.635. The predicted octanol–water partition coefficient (Wildman–Crippen LogP) is 1.17. The lowest BCUT2D eigenvalue weighted by Crippen LogP contribution is -2.08. The van der Waals surface area contributed by atoms with Crippen molar-refractivity contribution in [1.82, 2.24) is 0 Å². The zero-order valence-corrected chi connectivity index (χ0v) is 7.97. The van der Waals surface area contributed by atoms with E-state index in [0.717, 1.165) is 0 Å². The molecule has 0 aliphatic rings. The summed E-state index contributed by atoms with van der Waals surface area (Å²) >= 11 is 0. The molecule has 0 aliphatic heterocycles. The van der Waals surface area contributed by atoms with Crippen molar-refractivity contribution >= 4 is 0 Å². The molecule has 0 unspecified atom stereocenters. The number of benzene rings is 1. The lowest BCUT2D eigenvalue weighted by molar-refractivity contribution is 0.0188. The maximum Gasteiger partial charge on any atom is 0.157 e. The first-order valence-corrected chi connectivity index (χ1v) is 4.43. The van der Waals surface area contributed by atoms with Crippen molar-refractivity contribution in [3.8, 4) is 11.5 Å². The normalized spacial score (nSPS) is 12.7. The highest BCUT2D eigenvalue weighted by atomic mass is 16.5. The number of aliphatic hydroxyl groups excluding tert-OH is 1. The topological polar surface area (TPSA) is 69.9 Å². The third-order valence-electron chi connectivity index (χ3n) is 1.90. The highest BCUT2D eigenvalue weighted by molar-refractivity contribution is 5.41. The van der Waals surface area contributed by atoms with Gasteiger partial charge in [-0.2, -0.15) is 0 Å². The number of ether oxygens (including phenoxy) is 1. The van der Waals surface area contributed by atoms with E-state index >= 15 is 0 Å². The van der Waals surface area contributed by atoms with Gasteiger partial charge in [0.2, 0.25) is 0 Å². The van der Waals surface area contributed by atoms with Gasteiger partial charge in [0, 0.05) is 6.61 Å². The van der Waals surface area contributed by atoms with Gasteiger partial charge in [-0.3, -0.25) is 0 Å². The van der Waals surface area contributed by atoms with E-state index in [1.165, 1.54) is 12.1 Å². The third kappa shape index (κ3) is 2.37. The van der Waals surface area contributed by atoms with Crippen LogP contribution in [-0.4, -0.2) is 28.5 Å². The number of aliphatic hydroxyl groups is 1. The summed E-state index contributed by atoms with van der Waals surface area (Å²) in [6.45, 7) is 2.15. The molecule has 0 fully saturated rings. The number of hydrogen-bond donors (Lipinski definition) is 3. The van der Waals surface area contributed by atoms with Crippen LogP contribution in [-0.2, 0) is 4.74 Å². The van der Waals surface area contributed by atoms with Gasteiger partial charge >= 0.3 is 0 Å². The Morgan fingerprint density at radius 3 is 2.50 bits per heavy atom. The molecule has 1 aromatic rings. The van der Waals surface area contributed by atoms with E-state index in [1.807, 2.05) is 6.92 Å². The fraction of sp³-hybridized carbons (Fsp3) is 0.400. The molecule has 4 nitrogen and oxygen atoms in total. The van der Waals surface area contributed by atoms with Crippen molar-refractivity contribution in [3.05, 3.63) is 23.8 Å². The molecule has 78 valence electrons. The van der Waals surface area contributed by atoms with Gasteiger partial charge in [-0.1, -0.05) is 6.07 Å². The van der Waals surface area contributed by atoms with Crippen molar-refractivity contribution in [1.29, 1.82) is 0 Å². The molecule has 0 spiro atoms. The monoisotopic (exact) mass is 198 g/mol. The molecule has 1 aromatic carbocycles. The summed E-state index contributed by atoms with van der Waals surface area (Å²) in [6.07, 6.45) is -0.452. The van der Waals surface area contributed by atoms with Crippen molar-refractivity contribution in [3.63, 3.8) is 0 Å². The highest BCUT2D eigenvalue weighted by Crippen LogP contribution is 2.28. The van der Waals surface area contributed by atoms with Gasteiger partial charge in [0.25, 0.3) is 0 Å². The Balaban J connectivity index is 2.88. The molecule has 14 heavy (non-hydrogen) atoms. The summed E-state index contributed by atoms with van der Waals surface area (Å²) in [4.78, 5) is 0. The van der Waals surface area contributed by atoms with Gasteiger partial charge in [-0.25, -0.2) is 0 Å². The first-order chi connectivity index (χ1) is 6.69. The van der Waals surface area contributed by atoms with Gasteiger partial charge in [-0.05, 0) is 24.6 Å². The largest absolute Gasteiger partial charge is 0.504 e. The first-order valence-electron chi connectivity index (χ1n) is 4.43. The van der Waals surface area contributed by atoms with Crippen LogP contribution in [0, 0.1) is 0 Å². The van der Waals surface area contributed by atoms with Crippen LogP contribution in [0.1, 0.15) is 18.6 Å². The Bertz CT molecular complexity index is 298. The molecule has 0 aliphatic carbocycles. The second-order valence-corrected chi connectivity index (χ2v) is 2.87. The zero-order valence-electron chi connectivity index (χ0n) is 7.97. The van der Waals surface area contributed by atoms with Crippen LogP contribution in [0.4, 0.5) is 0 Å². The maximum atomic E-state index is 9.23. The van der Waals surface area contributed by atoms with Crippen LogP contribution >= 0.6 is 0 Å². The second-order valence-electron chi connectivity index (χ2n) is 2.87. The van der Waals surface area contributed by atoms with Gasteiger partial charge in [-0.15, -0.1) is 0 Å². The van der Waals surface area contributed by atoms with Crippen LogP contribution in [0.2, 0.25) is 0 Å². The van der Waals surface area contributed by atoms with E-state index in [1.54, 1.807) is 6.07 Å². The Morgan fingerprint density at radius 2 is 2.00 bits per heavy atom. The number of phenolic OH excluding ortho intramolecular Hbond substituents is 2. The fourth-order valence-corrected chi connectivity index (χ4v) is 1.20. The summed E-state index contributed by atoms with van der Waals surface area (Å²) in [7, 11) is 0. The van der Waals surface area contributed by atoms with E-state index in [0.29, 0.717) is 12.2 Å². The Kier molecular flexibility index (Phi) is 3.73. The molecule has 0 aromatic heterocycles. The molecule has 0 radical (unpaired) electrons. The van der Waals surface area contributed by atoms with Crippen molar-refractivity contribution in [2.45, 2.75) is 13.0 Å². The lowest BCUT2D eigenvalue weighted by atomic mass is 10.1. The predicted molar refractivity (Wildman–Crippen MR) is 51.2 cm³/mol. The molecule has 3 N–H and O–H groups in total. The number of phenols is 2. The number of aromatic hydroxyl groups is 2. The second kappa shape index (κ2) is 4.83. The van der Waals surface area contributed by atoms with Gasteiger partial charge < -0.3 is 20.1 Å². The fourth-order valence-electron chi connectivity index (χ4n) is 1.20. The molecule has 1 atom stereocenters. The van der Waals surface area contributed by atoms with E-state index in [9.17, 15) is 5.11 Å². The van der Waals surface area contributed by atoms with Crippen molar-refractivity contribution < 1.29 is 20.1 Å². The maximum absolute atomic E-state index is 9.23. The van der Waals surface area contributed by atoms with Gasteiger partial charge in [0.15, 0.2) is 11.5 Å². The molecule has 0 saturated heterocycles. The van der Waals surface area contributed by atoms with E-state index in [-0.39, 0.29) is 18.1 Å². The van der Waals surface area contributed by atoms with Gasteiger partial charge in [0.1, 0.15) is 6.10 Å². The zero-order chi connectivity index (χ0) is 10.6. The van der Waals surface area contributed by atoms with Crippen LogP contribution in [0.15, 0.2) is 18.2 Å². The van der Waals surface area contributed by atoms with Crippen molar-refractivity contribution in [2.75, 3.05) is 13.2 Å². The minimum Gasteiger partial charge on any atom is -0.504 e. The number of hydrogen-bond acceptors (Lipinski definition) is 4. The minimum atomic E-state index is -0.452. The van der Waals surface area contributed by atoms with E-state index in [4.69, 9.17) is 14.9 Å². The lowest BCUT2D eigenvalue weighted by Gasteiger charge is -2.14. The Hall–Kier alpha value is -1.26. The summed E-state index contributed by atoms with van der Waals surface area (Å²) in [5, 5.41) is 27.3. The third-order valence-corrected chi connectivity index (χ3v) is 1.90. The SMILES string of the molecule is CCO[C@H](CO)c1ccc(O)c(O)c1. The van der Waals surface area contributed by atoms with Crippen LogP contribution in [0.5, 0.6) is 11.5 Å². The average Bonchev–Trinajstić information content (AvgIpc) is 2.19. The first kappa shape index (κ1) is 10.8. The molecular formula is C10H14O4. The standard InChI is InChI=1S/C10H14O4/c1-2-14-10(6-11)7-3-4-8(12)9(13)5-7/h3-5,10-13H,2,6H2,1H3/t10-/m1/s1. The van der Waals surface area contributed by atoms with Gasteiger partial charge in [0.05, 0.1) is 6.61 Å². The molecule has 0 heterocycles. The Morgan fingerprint density at radius 1 is 1.29 bits per heavy atom. The summed E-state index contributed by atoms with van der Waals surface area (Å²) in [5.41, 5.74) is 0.643. The Labute approximate surface area is 82.4 Å². The molecule has 1 rings (SSSR count). The molecular weight excluding hydrogens is 184 g/mol. The van der Waals surface area contributed by atoms with Crippen LogP contribution in [0.25, 0.3) is 0 Å². The molecule has 0 saturated carbocycles. The number of rotatable bonds is 4.